The topological polar surface area (TPSA) is 26.3 Å². The molecular formula is C15H23O2Si. The van der Waals surface area contributed by atoms with E-state index in [0.29, 0.717) is 13.0 Å². The van der Waals surface area contributed by atoms with Crippen molar-refractivity contribution in [3.63, 3.8) is 0 Å². The molecule has 0 heterocycles. The van der Waals surface area contributed by atoms with Gasteiger partial charge in [0.15, 0.2) is 0 Å². The maximum absolute atomic E-state index is 11.4. The molecule has 0 unspecified atom stereocenters. The van der Waals surface area contributed by atoms with Crippen LogP contribution in [0, 0.1) is 6.92 Å². The Morgan fingerprint density at radius 1 is 1.17 bits per heavy atom. The quantitative estimate of drug-likeness (QED) is 0.558. The number of carbonyl (C=O) groups excluding carboxylic acids is 1. The molecule has 1 aromatic carbocycles. The van der Waals surface area contributed by atoms with Crippen molar-refractivity contribution in [2.24, 2.45) is 0 Å². The molecule has 1 aromatic rings. The number of rotatable bonds is 7. The van der Waals surface area contributed by atoms with Crippen molar-refractivity contribution >= 4 is 20.0 Å². The second-order valence-corrected chi connectivity index (χ2v) is 7.31. The van der Waals surface area contributed by atoms with Crippen LogP contribution < -0.4 is 5.19 Å². The molecule has 0 aromatic heterocycles. The lowest BCUT2D eigenvalue weighted by molar-refractivity contribution is -0.142. The second-order valence-electron chi connectivity index (χ2n) is 4.52. The molecule has 0 saturated heterocycles. The van der Waals surface area contributed by atoms with Crippen LogP contribution in [0.25, 0.3) is 0 Å². The Morgan fingerprint density at radius 3 is 2.39 bits per heavy atom. The Hall–Kier alpha value is -1.09. The van der Waals surface area contributed by atoms with Crippen LogP contribution in [0.3, 0.4) is 0 Å². The summed E-state index contributed by atoms with van der Waals surface area (Å²) >= 11 is 0. The lowest BCUT2D eigenvalue weighted by Crippen LogP contribution is -2.30. The van der Waals surface area contributed by atoms with Gasteiger partial charge < -0.3 is 4.74 Å². The molecule has 0 spiro atoms. The number of ether oxygens (including phenoxy) is 1. The predicted molar refractivity (Wildman–Crippen MR) is 77.7 cm³/mol. The van der Waals surface area contributed by atoms with E-state index in [4.69, 9.17) is 4.74 Å². The van der Waals surface area contributed by atoms with E-state index in [2.05, 4.69) is 38.1 Å². The van der Waals surface area contributed by atoms with Crippen molar-refractivity contribution in [3.8, 4) is 0 Å². The molecule has 0 fully saturated rings. The van der Waals surface area contributed by atoms with Gasteiger partial charge in [0.2, 0.25) is 0 Å². The summed E-state index contributed by atoms with van der Waals surface area (Å²) < 4.78 is 5.00. The van der Waals surface area contributed by atoms with Gasteiger partial charge in [0.1, 0.15) is 0 Å². The third-order valence-electron chi connectivity index (χ3n) is 2.95. The smallest absolute Gasteiger partial charge is 0.305 e. The molecule has 0 saturated carbocycles. The van der Waals surface area contributed by atoms with Crippen molar-refractivity contribution in [2.75, 3.05) is 6.61 Å². The van der Waals surface area contributed by atoms with Gasteiger partial charge in [-0.05, 0) is 19.9 Å². The molecule has 99 valence electrons. The first-order chi connectivity index (χ1) is 8.67. The van der Waals surface area contributed by atoms with Gasteiger partial charge in [0.25, 0.3) is 0 Å². The van der Waals surface area contributed by atoms with Crippen LogP contribution in [-0.4, -0.2) is 21.4 Å². The molecule has 0 aliphatic heterocycles. The van der Waals surface area contributed by atoms with E-state index in [1.54, 1.807) is 0 Å². The first kappa shape index (κ1) is 15.0. The number of carbonyl (C=O) groups is 1. The van der Waals surface area contributed by atoms with Crippen LogP contribution in [0.15, 0.2) is 24.3 Å². The van der Waals surface area contributed by atoms with Gasteiger partial charge in [-0.2, -0.15) is 0 Å². The average molecular weight is 263 g/mol. The third kappa shape index (κ3) is 5.04. The molecule has 0 bridgehead atoms. The first-order valence-corrected chi connectivity index (χ1v) is 8.66. The van der Waals surface area contributed by atoms with E-state index in [9.17, 15) is 4.79 Å². The number of hydrogen-bond donors (Lipinski definition) is 0. The normalized spacial score (nSPS) is 10.7. The van der Waals surface area contributed by atoms with Crippen molar-refractivity contribution < 1.29 is 9.53 Å². The van der Waals surface area contributed by atoms with Gasteiger partial charge in [0, 0.05) is 6.42 Å². The Balaban J connectivity index is 2.59. The molecule has 0 amide bonds. The number of benzene rings is 1. The highest BCUT2D eigenvalue weighted by molar-refractivity contribution is 6.73. The highest BCUT2D eigenvalue weighted by Gasteiger charge is 2.15. The number of hydrogen-bond acceptors (Lipinski definition) is 2. The van der Waals surface area contributed by atoms with E-state index in [1.807, 2.05) is 6.92 Å². The van der Waals surface area contributed by atoms with E-state index < -0.39 is 8.80 Å². The molecule has 0 atom stereocenters. The molecule has 0 aliphatic carbocycles. The maximum atomic E-state index is 11.4. The fourth-order valence-electron chi connectivity index (χ4n) is 1.99. The SMILES string of the molecule is CCC[Si](CCC(=O)OCC)c1ccc(C)cc1. The molecule has 2 nitrogen and oxygen atoms in total. The molecule has 0 N–H and O–H groups in total. The molecular weight excluding hydrogens is 240 g/mol. The fourth-order valence-corrected chi connectivity index (χ4v) is 4.57. The van der Waals surface area contributed by atoms with Gasteiger partial charge in [0.05, 0.1) is 15.4 Å². The fraction of sp³-hybridized carbons (Fsp3) is 0.533. The van der Waals surface area contributed by atoms with Gasteiger partial charge in [-0.1, -0.05) is 54.4 Å². The lowest BCUT2D eigenvalue weighted by atomic mass is 10.2. The summed E-state index contributed by atoms with van der Waals surface area (Å²) in [6, 6.07) is 11.0. The molecule has 0 aliphatic rings. The summed E-state index contributed by atoms with van der Waals surface area (Å²) in [5.74, 6) is -0.0526. The largest absolute Gasteiger partial charge is 0.466 e. The number of aryl methyl sites for hydroxylation is 1. The van der Waals surface area contributed by atoms with E-state index in [1.165, 1.54) is 23.2 Å². The molecule has 18 heavy (non-hydrogen) atoms. The average Bonchev–Trinajstić information content (AvgIpc) is 2.36. The maximum Gasteiger partial charge on any atom is 0.305 e. The van der Waals surface area contributed by atoms with E-state index in [-0.39, 0.29) is 5.97 Å². The lowest BCUT2D eigenvalue weighted by Gasteiger charge is -2.14. The van der Waals surface area contributed by atoms with Crippen LogP contribution in [0.4, 0.5) is 0 Å². The molecule has 1 radical (unpaired) electrons. The van der Waals surface area contributed by atoms with Crippen LogP contribution in [0.5, 0.6) is 0 Å². The van der Waals surface area contributed by atoms with Crippen molar-refractivity contribution in [3.05, 3.63) is 29.8 Å². The zero-order chi connectivity index (χ0) is 13.4. The van der Waals surface area contributed by atoms with Crippen molar-refractivity contribution in [1.29, 1.82) is 0 Å². The Morgan fingerprint density at radius 2 is 1.83 bits per heavy atom. The number of esters is 1. The Kier molecular flexibility index (Phi) is 6.72. The Bertz CT molecular complexity index is 359. The third-order valence-corrected chi connectivity index (χ3v) is 6.05. The summed E-state index contributed by atoms with van der Waals surface area (Å²) in [6.07, 6.45) is 1.75. The molecule has 3 heteroatoms. The van der Waals surface area contributed by atoms with Gasteiger partial charge >= 0.3 is 5.97 Å². The van der Waals surface area contributed by atoms with Crippen LogP contribution >= 0.6 is 0 Å². The Labute approximate surface area is 112 Å². The van der Waals surface area contributed by atoms with Crippen LogP contribution in [-0.2, 0) is 9.53 Å². The zero-order valence-electron chi connectivity index (χ0n) is 11.7. The van der Waals surface area contributed by atoms with Gasteiger partial charge in [-0.3, -0.25) is 4.79 Å². The first-order valence-electron chi connectivity index (χ1n) is 6.74. The molecule has 1 rings (SSSR count). The van der Waals surface area contributed by atoms with Crippen LogP contribution in [0.2, 0.25) is 12.1 Å². The predicted octanol–water partition coefficient (Wildman–Crippen LogP) is 3.06. The summed E-state index contributed by atoms with van der Waals surface area (Å²) in [6.45, 7) is 6.66. The van der Waals surface area contributed by atoms with Crippen molar-refractivity contribution in [2.45, 2.75) is 45.7 Å². The summed E-state index contributed by atoms with van der Waals surface area (Å²) in [5, 5.41) is 1.44. The minimum atomic E-state index is -0.603. The zero-order valence-corrected chi connectivity index (χ0v) is 12.7. The van der Waals surface area contributed by atoms with Crippen LogP contribution in [0.1, 0.15) is 32.3 Å². The van der Waals surface area contributed by atoms with Gasteiger partial charge in [-0.25, -0.2) is 0 Å². The highest BCUT2D eigenvalue weighted by atomic mass is 28.3. The van der Waals surface area contributed by atoms with Crippen molar-refractivity contribution in [1.82, 2.24) is 0 Å². The van der Waals surface area contributed by atoms with Gasteiger partial charge in [-0.15, -0.1) is 0 Å². The standard InChI is InChI=1S/C15H23O2Si/c1-4-11-18(12-10-15(16)17-5-2)14-8-6-13(3)7-9-14/h6-9H,4-5,10-12H2,1-3H3. The monoisotopic (exact) mass is 263 g/mol. The summed E-state index contributed by atoms with van der Waals surface area (Å²) in [7, 11) is -0.603. The van der Waals surface area contributed by atoms with E-state index in [0.717, 1.165) is 6.04 Å². The van der Waals surface area contributed by atoms with E-state index >= 15 is 0 Å². The minimum Gasteiger partial charge on any atom is -0.466 e. The minimum absolute atomic E-state index is 0.0526. The summed E-state index contributed by atoms with van der Waals surface area (Å²) in [5.41, 5.74) is 1.29. The second kappa shape index (κ2) is 8.09. The highest BCUT2D eigenvalue weighted by Crippen LogP contribution is 2.08. The summed E-state index contributed by atoms with van der Waals surface area (Å²) in [4.78, 5) is 11.4.